The van der Waals surface area contributed by atoms with Gasteiger partial charge in [-0.05, 0) is 37.1 Å². The first-order chi connectivity index (χ1) is 11.7. The van der Waals surface area contributed by atoms with Crippen LogP contribution in [0.2, 0.25) is 0 Å². The average Bonchev–Trinajstić information content (AvgIpc) is 3.25. The zero-order valence-electron chi connectivity index (χ0n) is 13.3. The summed E-state index contributed by atoms with van der Waals surface area (Å²) in [5.41, 5.74) is 0.697. The Morgan fingerprint density at radius 2 is 2.17 bits per heavy atom. The number of aryl methyl sites for hydroxylation is 1. The molecule has 1 fully saturated rings. The predicted octanol–water partition coefficient (Wildman–Crippen LogP) is 2.35. The number of aromatic nitrogens is 2. The maximum atomic E-state index is 12.9. The maximum absolute atomic E-state index is 12.9. The van der Waals surface area contributed by atoms with Crippen LogP contribution in [-0.2, 0) is 16.0 Å². The van der Waals surface area contributed by atoms with Gasteiger partial charge in [0.1, 0.15) is 5.82 Å². The van der Waals surface area contributed by atoms with E-state index in [1.807, 2.05) is 0 Å². The fourth-order valence-electron chi connectivity index (χ4n) is 2.56. The molecule has 1 amide bonds. The van der Waals surface area contributed by atoms with Crippen LogP contribution in [0.15, 0.2) is 28.8 Å². The highest BCUT2D eigenvalue weighted by molar-refractivity contribution is 5.75. The number of carbonyl (C=O) groups excluding carboxylic acids is 1. The minimum absolute atomic E-state index is 0.0279. The summed E-state index contributed by atoms with van der Waals surface area (Å²) in [6.07, 6.45) is 2.60. The van der Waals surface area contributed by atoms with Gasteiger partial charge in [0, 0.05) is 37.5 Å². The third-order valence-corrected chi connectivity index (χ3v) is 3.98. The lowest BCUT2D eigenvalue weighted by Crippen LogP contribution is -2.29. The highest BCUT2D eigenvalue weighted by atomic mass is 19.1. The number of hydrogen-bond acceptors (Lipinski definition) is 5. The average molecular weight is 333 g/mol. The molecule has 7 heteroatoms. The summed E-state index contributed by atoms with van der Waals surface area (Å²) in [5.74, 6) is 1.06. The fourth-order valence-corrected chi connectivity index (χ4v) is 2.56. The molecular weight excluding hydrogens is 313 g/mol. The van der Waals surface area contributed by atoms with Crippen molar-refractivity contribution >= 4 is 5.91 Å². The number of hydrogen-bond donors (Lipinski definition) is 1. The number of amides is 1. The Morgan fingerprint density at radius 3 is 2.92 bits per heavy atom. The second kappa shape index (κ2) is 8.01. The van der Waals surface area contributed by atoms with E-state index in [2.05, 4.69) is 15.5 Å². The zero-order valence-corrected chi connectivity index (χ0v) is 13.3. The van der Waals surface area contributed by atoms with Crippen molar-refractivity contribution in [1.82, 2.24) is 15.5 Å². The number of ether oxygens (including phenoxy) is 1. The fraction of sp³-hybridized carbons (Fsp3) is 0.471. The van der Waals surface area contributed by atoms with E-state index in [1.165, 1.54) is 12.1 Å². The van der Waals surface area contributed by atoms with Crippen molar-refractivity contribution in [2.45, 2.75) is 25.7 Å². The first-order valence-electron chi connectivity index (χ1n) is 8.13. The molecule has 6 nitrogen and oxygen atoms in total. The largest absolute Gasteiger partial charge is 0.381 e. The Kier molecular flexibility index (Phi) is 5.53. The highest BCUT2D eigenvalue weighted by Gasteiger charge is 2.16. The van der Waals surface area contributed by atoms with Gasteiger partial charge >= 0.3 is 0 Å². The molecule has 3 rings (SSSR count). The quantitative estimate of drug-likeness (QED) is 0.841. The summed E-state index contributed by atoms with van der Waals surface area (Å²) in [6.45, 7) is 2.19. The van der Waals surface area contributed by atoms with Crippen molar-refractivity contribution in [1.29, 1.82) is 0 Å². The van der Waals surface area contributed by atoms with Crippen LogP contribution in [0.25, 0.3) is 11.4 Å². The Balaban J connectivity index is 1.40. The van der Waals surface area contributed by atoms with E-state index in [0.29, 0.717) is 49.0 Å². The van der Waals surface area contributed by atoms with Gasteiger partial charge in [0.2, 0.25) is 17.6 Å². The minimum atomic E-state index is -0.308. The minimum Gasteiger partial charge on any atom is -0.381 e. The Morgan fingerprint density at radius 1 is 1.33 bits per heavy atom. The van der Waals surface area contributed by atoms with Crippen LogP contribution in [0.1, 0.15) is 25.2 Å². The first-order valence-corrected chi connectivity index (χ1v) is 8.13. The summed E-state index contributed by atoms with van der Waals surface area (Å²) in [5, 5.41) is 6.81. The van der Waals surface area contributed by atoms with Crippen molar-refractivity contribution in [3.63, 3.8) is 0 Å². The van der Waals surface area contributed by atoms with Crippen molar-refractivity contribution in [3.8, 4) is 11.4 Å². The lowest BCUT2D eigenvalue weighted by atomic mass is 10.1. The van der Waals surface area contributed by atoms with Gasteiger partial charge in [-0.25, -0.2) is 4.39 Å². The standard InChI is InChI=1S/C17H20FN3O3/c18-14-6-4-13(5-7-14)17-20-16(24-21-17)3-1-2-15(22)19-10-12-8-9-23-11-12/h4-7,12H,1-3,8-11H2,(H,19,22)/t12-/m1/s1. The van der Waals surface area contributed by atoms with E-state index in [-0.39, 0.29) is 11.7 Å². The molecule has 128 valence electrons. The van der Waals surface area contributed by atoms with Gasteiger partial charge in [-0.15, -0.1) is 0 Å². The second-order valence-electron chi connectivity index (χ2n) is 5.91. The molecule has 1 aliphatic rings. The van der Waals surface area contributed by atoms with Gasteiger partial charge in [-0.1, -0.05) is 5.16 Å². The van der Waals surface area contributed by atoms with Crippen LogP contribution >= 0.6 is 0 Å². The van der Waals surface area contributed by atoms with Crippen molar-refractivity contribution in [2.24, 2.45) is 5.92 Å². The molecule has 0 spiro atoms. The number of benzene rings is 1. The SMILES string of the molecule is O=C(CCCc1nc(-c2ccc(F)cc2)no1)NC[C@H]1CCOC1. The molecular formula is C17H20FN3O3. The van der Waals surface area contributed by atoms with Crippen molar-refractivity contribution < 1.29 is 18.4 Å². The van der Waals surface area contributed by atoms with Gasteiger partial charge in [0.05, 0.1) is 6.61 Å². The summed E-state index contributed by atoms with van der Waals surface area (Å²) in [6, 6.07) is 5.91. The van der Waals surface area contributed by atoms with E-state index >= 15 is 0 Å². The van der Waals surface area contributed by atoms with Crippen LogP contribution in [0.5, 0.6) is 0 Å². The molecule has 24 heavy (non-hydrogen) atoms. The zero-order chi connectivity index (χ0) is 16.8. The monoisotopic (exact) mass is 333 g/mol. The number of halogens is 1. The lowest BCUT2D eigenvalue weighted by Gasteiger charge is -2.08. The molecule has 0 saturated carbocycles. The summed E-state index contributed by atoms with van der Waals surface area (Å²) in [7, 11) is 0. The third-order valence-electron chi connectivity index (χ3n) is 3.98. The summed E-state index contributed by atoms with van der Waals surface area (Å²) in [4.78, 5) is 16.1. The number of rotatable bonds is 7. The molecule has 1 aromatic heterocycles. The van der Waals surface area contributed by atoms with E-state index in [1.54, 1.807) is 12.1 Å². The molecule has 0 unspecified atom stereocenters. The maximum Gasteiger partial charge on any atom is 0.226 e. The van der Waals surface area contributed by atoms with E-state index in [0.717, 1.165) is 19.6 Å². The van der Waals surface area contributed by atoms with Gasteiger partial charge in [-0.2, -0.15) is 4.98 Å². The molecule has 0 bridgehead atoms. The van der Waals surface area contributed by atoms with Crippen LogP contribution in [-0.4, -0.2) is 35.8 Å². The van der Waals surface area contributed by atoms with Gasteiger partial charge < -0.3 is 14.6 Å². The van der Waals surface area contributed by atoms with Crippen LogP contribution < -0.4 is 5.32 Å². The molecule has 1 aromatic carbocycles. The second-order valence-corrected chi connectivity index (χ2v) is 5.91. The van der Waals surface area contributed by atoms with Crippen LogP contribution in [0, 0.1) is 11.7 Å². The number of nitrogens with zero attached hydrogens (tertiary/aromatic N) is 2. The Hall–Kier alpha value is -2.28. The molecule has 1 saturated heterocycles. The first kappa shape index (κ1) is 16.6. The predicted molar refractivity (Wildman–Crippen MR) is 84.6 cm³/mol. The number of nitrogens with one attached hydrogen (secondary N) is 1. The van der Waals surface area contributed by atoms with Crippen LogP contribution in [0.4, 0.5) is 4.39 Å². The van der Waals surface area contributed by atoms with Gasteiger partial charge in [-0.3, -0.25) is 4.79 Å². The normalized spacial score (nSPS) is 17.1. The Bertz CT molecular complexity index is 666. The van der Waals surface area contributed by atoms with Crippen molar-refractivity contribution in [2.75, 3.05) is 19.8 Å². The molecule has 1 aliphatic heterocycles. The molecule has 0 radical (unpaired) electrons. The van der Waals surface area contributed by atoms with E-state index < -0.39 is 0 Å². The molecule has 2 aromatic rings. The summed E-state index contributed by atoms with van der Waals surface area (Å²) >= 11 is 0. The molecule has 2 heterocycles. The van der Waals surface area contributed by atoms with E-state index in [9.17, 15) is 9.18 Å². The highest BCUT2D eigenvalue weighted by Crippen LogP contribution is 2.17. The molecule has 0 aliphatic carbocycles. The van der Waals surface area contributed by atoms with Crippen LogP contribution in [0.3, 0.4) is 0 Å². The topological polar surface area (TPSA) is 77.2 Å². The smallest absolute Gasteiger partial charge is 0.226 e. The molecule has 1 N–H and O–H groups in total. The summed E-state index contributed by atoms with van der Waals surface area (Å²) < 4.78 is 23.3. The molecule has 1 atom stereocenters. The lowest BCUT2D eigenvalue weighted by molar-refractivity contribution is -0.121. The Labute approximate surface area is 139 Å². The van der Waals surface area contributed by atoms with E-state index in [4.69, 9.17) is 9.26 Å². The van der Waals surface area contributed by atoms with Crippen molar-refractivity contribution in [3.05, 3.63) is 36.0 Å². The van der Waals surface area contributed by atoms with Gasteiger partial charge in [0.15, 0.2) is 0 Å². The van der Waals surface area contributed by atoms with Gasteiger partial charge in [0.25, 0.3) is 0 Å². The number of carbonyl (C=O) groups is 1. The third kappa shape index (κ3) is 4.61.